The van der Waals surface area contributed by atoms with Crippen molar-refractivity contribution in [3.05, 3.63) is 87.6 Å². The van der Waals surface area contributed by atoms with E-state index in [1.807, 2.05) is 0 Å². The van der Waals surface area contributed by atoms with Crippen LogP contribution in [0.1, 0.15) is 10.4 Å². The van der Waals surface area contributed by atoms with Gasteiger partial charge in [0.2, 0.25) is 0 Å². The van der Waals surface area contributed by atoms with Crippen LogP contribution in [0.15, 0.2) is 65.6 Å². The van der Waals surface area contributed by atoms with Gasteiger partial charge in [-0.15, -0.1) is 0 Å². The third kappa shape index (κ3) is 3.69. The molecule has 9 heteroatoms. The second-order valence-corrected chi connectivity index (χ2v) is 6.93. The molecule has 2 N–H and O–H groups in total. The fourth-order valence-corrected chi connectivity index (χ4v) is 3.35. The molecule has 0 aliphatic heterocycles. The van der Waals surface area contributed by atoms with Gasteiger partial charge >= 0.3 is 0 Å². The molecule has 0 aliphatic carbocycles. The number of halogens is 2. The molecule has 156 valence electrons. The Labute approximate surface area is 180 Å². The van der Waals surface area contributed by atoms with E-state index < -0.39 is 28.6 Å². The van der Waals surface area contributed by atoms with E-state index in [1.165, 1.54) is 30.0 Å². The minimum absolute atomic E-state index is 0.161. The lowest BCUT2D eigenvalue weighted by molar-refractivity contribution is 0.102. The number of methoxy groups -OCH3 is 1. The van der Waals surface area contributed by atoms with Gasteiger partial charge in [-0.3, -0.25) is 14.2 Å². The number of benzene rings is 2. The summed E-state index contributed by atoms with van der Waals surface area (Å²) in [5.74, 6) is -1.56. The van der Waals surface area contributed by atoms with Crippen molar-refractivity contribution in [2.45, 2.75) is 0 Å². The number of carbonyl (C=O) groups is 1. The van der Waals surface area contributed by atoms with Crippen molar-refractivity contribution in [1.29, 1.82) is 0 Å². The zero-order valence-corrected chi connectivity index (χ0v) is 16.9. The Bertz CT molecular complexity index is 1390. The lowest BCUT2D eigenvalue weighted by Crippen LogP contribution is -2.29. The topological polar surface area (TPSA) is 93.5 Å². The van der Waals surface area contributed by atoms with E-state index in [-0.39, 0.29) is 21.7 Å². The maximum Gasteiger partial charge on any atom is 0.273 e. The molecule has 2 aromatic heterocycles. The first-order valence-corrected chi connectivity index (χ1v) is 9.42. The molecule has 0 unspecified atom stereocenters. The van der Waals surface area contributed by atoms with E-state index in [0.717, 1.165) is 6.07 Å². The van der Waals surface area contributed by atoms with Gasteiger partial charge in [0.25, 0.3) is 11.5 Å². The van der Waals surface area contributed by atoms with Gasteiger partial charge in [0.1, 0.15) is 22.9 Å². The van der Waals surface area contributed by atoms with Gasteiger partial charge in [0, 0.05) is 18.0 Å². The van der Waals surface area contributed by atoms with Crippen molar-refractivity contribution in [2.75, 3.05) is 12.4 Å². The molecule has 0 saturated carbocycles. The van der Waals surface area contributed by atoms with Crippen molar-refractivity contribution in [1.82, 2.24) is 9.55 Å². The maximum absolute atomic E-state index is 13.4. The molecule has 0 spiro atoms. The monoisotopic (exact) mass is 439 g/mol. The molecule has 1 amide bonds. The van der Waals surface area contributed by atoms with Crippen LogP contribution in [0.4, 0.5) is 10.1 Å². The number of nitrogens with zero attached hydrogens (tertiary/aromatic N) is 2. The second-order valence-electron chi connectivity index (χ2n) is 6.52. The summed E-state index contributed by atoms with van der Waals surface area (Å²) in [5, 5.41) is 13.2. The molecule has 2 aromatic carbocycles. The Morgan fingerprint density at radius 1 is 1.19 bits per heavy atom. The molecule has 0 bridgehead atoms. The summed E-state index contributed by atoms with van der Waals surface area (Å²) >= 11 is 5.76. The number of hydrogen-bond donors (Lipinski definition) is 2. The molecule has 31 heavy (non-hydrogen) atoms. The van der Waals surface area contributed by atoms with Crippen molar-refractivity contribution < 1.29 is 19.0 Å². The van der Waals surface area contributed by atoms with Crippen LogP contribution < -0.4 is 15.6 Å². The third-order valence-corrected chi connectivity index (χ3v) is 4.91. The van der Waals surface area contributed by atoms with Gasteiger partial charge in [-0.1, -0.05) is 17.7 Å². The van der Waals surface area contributed by atoms with Crippen molar-refractivity contribution >= 4 is 34.2 Å². The lowest BCUT2D eigenvalue weighted by atomic mass is 10.1. The maximum atomic E-state index is 13.4. The van der Waals surface area contributed by atoms with Crippen LogP contribution >= 0.6 is 11.6 Å². The van der Waals surface area contributed by atoms with E-state index in [9.17, 15) is 19.1 Å². The number of anilines is 1. The Morgan fingerprint density at radius 3 is 2.74 bits per heavy atom. The van der Waals surface area contributed by atoms with Crippen LogP contribution in [-0.2, 0) is 0 Å². The minimum Gasteiger partial charge on any atom is -0.506 e. The zero-order valence-electron chi connectivity index (χ0n) is 16.1. The second kappa shape index (κ2) is 8.08. The Hall–Kier alpha value is -3.91. The molecule has 2 heterocycles. The summed E-state index contributed by atoms with van der Waals surface area (Å²) in [7, 11) is 1.49. The standard InChI is InChI=1S/C22H15ClFN3O4/c1-31-14-5-2-4-13(11-14)27-20-15(6-3-9-25-20)19(28)18(22(27)30)21(29)26-12-7-8-17(24)16(23)10-12/h2-11,28H,1H3,(H,26,29). The van der Waals surface area contributed by atoms with Gasteiger partial charge in [-0.05, 0) is 42.5 Å². The number of aromatic nitrogens is 2. The van der Waals surface area contributed by atoms with Crippen LogP contribution in [0, 0.1) is 5.82 Å². The summed E-state index contributed by atoms with van der Waals surface area (Å²) in [5.41, 5.74) is -0.563. The minimum atomic E-state index is -0.882. The molecule has 0 fully saturated rings. The van der Waals surface area contributed by atoms with Crippen LogP contribution in [0.2, 0.25) is 5.02 Å². The van der Waals surface area contributed by atoms with Gasteiger partial charge < -0.3 is 15.2 Å². The highest BCUT2D eigenvalue weighted by atomic mass is 35.5. The normalized spacial score (nSPS) is 10.8. The van der Waals surface area contributed by atoms with E-state index in [0.29, 0.717) is 11.4 Å². The number of rotatable bonds is 4. The van der Waals surface area contributed by atoms with Gasteiger partial charge in [0.05, 0.1) is 23.2 Å². The lowest BCUT2D eigenvalue weighted by Gasteiger charge is -2.15. The predicted octanol–water partition coefficient (Wildman–Crippen LogP) is 4.14. The first-order valence-electron chi connectivity index (χ1n) is 9.04. The summed E-state index contributed by atoms with van der Waals surface area (Å²) in [6.07, 6.45) is 1.47. The average Bonchev–Trinajstić information content (AvgIpc) is 2.76. The number of hydrogen-bond acceptors (Lipinski definition) is 5. The molecule has 4 rings (SSSR count). The van der Waals surface area contributed by atoms with E-state index in [1.54, 1.807) is 36.4 Å². The van der Waals surface area contributed by atoms with Crippen LogP contribution in [0.5, 0.6) is 11.5 Å². The fourth-order valence-electron chi connectivity index (χ4n) is 3.17. The molecule has 7 nitrogen and oxygen atoms in total. The van der Waals surface area contributed by atoms with E-state index >= 15 is 0 Å². The number of fused-ring (bicyclic) bond motifs is 1. The Morgan fingerprint density at radius 2 is 2.00 bits per heavy atom. The largest absolute Gasteiger partial charge is 0.506 e. The number of pyridine rings is 2. The number of aromatic hydroxyl groups is 1. The highest BCUT2D eigenvalue weighted by Crippen LogP contribution is 2.28. The van der Waals surface area contributed by atoms with Crippen LogP contribution in [0.25, 0.3) is 16.7 Å². The molecule has 0 atom stereocenters. The summed E-state index contributed by atoms with van der Waals surface area (Å²) in [4.78, 5) is 30.5. The number of nitrogens with one attached hydrogen (secondary N) is 1. The molecular weight excluding hydrogens is 425 g/mol. The summed E-state index contributed by atoms with van der Waals surface area (Å²) in [6.45, 7) is 0. The van der Waals surface area contributed by atoms with Crippen LogP contribution in [0.3, 0.4) is 0 Å². The van der Waals surface area contributed by atoms with Gasteiger partial charge in [0.15, 0.2) is 5.65 Å². The molecule has 4 aromatic rings. The predicted molar refractivity (Wildman–Crippen MR) is 115 cm³/mol. The SMILES string of the molecule is COc1cccc(-n2c(=O)c(C(=O)Nc3ccc(F)c(Cl)c3)c(O)c3cccnc32)c1. The Kier molecular flexibility index (Phi) is 5.31. The smallest absolute Gasteiger partial charge is 0.273 e. The first kappa shape index (κ1) is 20.4. The molecular formula is C22H15ClFN3O4. The quantitative estimate of drug-likeness (QED) is 0.498. The Balaban J connectivity index is 1.92. The van der Waals surface area contributed by atoms with Gasteiger partial charge in [-0.2, -0.15) is 0 Å². The summed E-state index contributed by atoms with van der Waals surface area (Å²) < 4.78 is 19.8. The number of carbonyl (C=O) groups excluding carboxylic acids is 1. The first-order chi connectivity index (χ1) is 14.9. The van der Waals surface area contributed by atoms with Gasteiger partial charge in [-0.25, -0.2) is 9.37 Å². The molecule has 0 aliphatic rings. The van der Waals surface area contributed by atoms with E-state index in [2.05, 4.69) is 10.3 Å². The third-order valence-electron chi connectivity index (χ3n) is 4.62. The highest BCUT2D eigenvalue weighted by molar-refractivity contribution is 6.31. The van der Waals surface area contributed by atoms with Crippen molar-refractivity contribution in [2.24, 2.45) is 0 Å². The fraction of sp³-hybridized carbons (Fsp3) is 0.0455. The average molecular weight is 440 g/mol. The molecule has 0 saturated heterocycles. The number of ether oxygens (including phenoxy) is 1. The van der Waals surface area contributed by atoms with E-state index in [4.69, 9.17) is 16.3 Å². The molecule has 0 radical (unpaired) electrons. The van der Waals surface area contributed by atoms with Crippen LogP contribution in [-0.4, -0.2) is 27.7 Å². The highest BCUT2D eigenvalue weighted by Gasteiger charge is 2.24. The van der Waals surface area contributed by atoms with Crippen molar-refractivity contribution in [3.63, 3.8) is 0 Å². The summed E-state index contributed by atoms with van der Waals surface area (Å²) in [6, 6.07) is 13.3. The van der Waals surface area contributed by atoms with Crippen molar-refractivity contribution in [3.8, 4) is 17.2 Å². The zero-order chi connectivity index (χ0) is 22.1. The number of amides is 1.